The third kappa shape index (κ3) is 4.51. The summed E-state index contributed by atoms with van der Waals surface area (Å²) < 4.78 is 35.1. The minimum absolute atomic E-state index is 0.0356. The van der Waals surface area contributed by atoms with Crippen LogP contribution in [-0.4, -0.2) is 59.3 Å². The summed E-state index contributed by atoms with van der Waals surface area (Å²) in [7, 11) is -4.00. The van der Waals surface area contributed by atoms with Gasteiger partial charge in [-0.2, -0.15) is 8.42 Å². The van der Waals surface area contributed by atoms with E-state index in [1.54, 1.807) is 24.4 Å². The van der Waals surface area contributed by atoms with Crippen LogP contribution in [0.4, 0.5) is 0 Å². The molecule has 0 spiro atoms. The Kier molecular flexibility index (Phi) is 6.01. The number of carbonyl (C=O) groups is 2. The van der Waals surface area contributed by atoms with Crippen molar-refractivity contribution in [3.8, 4) is 0 Å². The van der Waals surface area contributed by atoms with E-state index in [9.17, 15) is 18.0 Å². The minimum atomic E-state index is -4.00. The summed E-state index contributed by atoms with van der Waals surface area (Å²) in [6.07, 6.45) is 5.29. The number of piperidine rings is 4. The van der Waals surface area contributed by atoms with Gasteiger partial charge in [-0.05, 0) is 31.0 Å². The van der Waals surface area contributed by atoms with E-state index >= 15 is 0 Å². The van der Waals surface area contributed by atoms with E-state index in [1.165, 1.54) is 12.1 Å². The molecule has 9 heteroatoms. The van der Waals surface area contributed by atoms with Crippen molar-refractivity contribution in [1.82, 2.24) is 9.88 Å². The quantitative estimate of drug-likeness (QED) is 0.434. The molecule has 4 aliphatic rings. The van der Waals surface area contributed by atoms with Crippen LogP contribution in [0.2, 0.25) is 0 Å². The summed E-state index contributed by atoms with van der Waals surface area (Å²) in [5.74, 6) is 0.403. The third-order valence-corrected chi connectivity index (χ3v) is 7.91. The molecule has 4 saturated heterocycles. The van der Waals surface area contributed by atoms with Gasteiger partial charge in [0.1, 0.15) is 11.9 Å². The molecular formula is C25H26N2O6S. The molecule has 0 aliphatic carbocycles. The predicted octanol–water partition coefficient (Wildman–Crippen LogP) is 3.45. The molecule has 178 valence electrons. The predicted molar refractivity (Wildman–Crippen MR) is 125 cm³/mol. The Morgan fingerprint density at radius 1 is 0.971 bits per heavy atom. The molecule has 2 N–H and O–H groups in total. The zero-order valence-electron chi connectivity index (χ0n) is 18.5. The molecule has 0 saturated carbocycles. The first-order valence-corrected chi connectivity index (χ1v) is 12.8. The van der Waals surface area contributed by atoms with Crippen LogP contribution < -0.4 is 0 Å². The summed E-state index contributed by atoms with van der Waals surface area (Å²) in [6.45, 7) is 0.600. The molecular weight excluding hydrogens is 456 g/mol. The lowest BCUT2D eigenvalue weighted by Gasteiger charge is -2.54. The van der Waals surface area contributed by atoms with Gasteiger partial charge in [-0.15, -0.1) is 0 Å². The van der Waals surface area contributed by atoms with Crippen molar-refractivity contribution in [2.45, 2.75) is 48.8 Å². The Balaban J connectivity index is 0.000000204. The number of nitrogens with one attached hydrogen (secondary N) is 1. The summed E-state index contributed by atoms with van der Waals surface area (Å²) in [5, 5.41) is 0.909. The van der Waals surface area contributed by atoms with Gasteiger partial charge in [-0.1, -0.05) is 36.4 Å². The summed E-state index contributed by atoms with van der Waals surface area (Å²) >= 11 is 0. The minimum Gasteiger partial charge on any atom is -0.459 e. The van der Waals surface area contributed by atoms with Crippen molar-refractivity contribution in [1.29, 1.82) is 0 Å². The van der Waals surface area contributed by atoms with Gasteiger partial charge in [0, 0.05) is 47.9 Å². The first kappa shape index (κ1) is 22.8. The van der Waals surface area contributed by atoms with E-state index in [0.29, 0.717) is 30.0 Å². The van der Waals surface area contributed by atoms with Crippen molar-refractivity contribution in [3.05, 3.63) is 66.4 Å². The maximum absolute atomic E-state index is 12.6. The van der Waals surface area contributed by atoms with Crippen LogP contribution in [0.15, 0.2) is 65.7 Å². The zero-order chi connectivity index (χ0) is 23.9. The molecule has 0 amide bonds. The molecule has 4 fully saturated rings. The van der Waals surface area contributed by atoms with Gasteiger partial charge in [-0.25, -0.2) is 4.79 Å². The molecule has 5 heterocycles. The number of nitrogens with zero attached hydrogens (tertiary/aromatic N) is 1. The molecule has 34 heavy (non-hydrogen) atoms. The van der Waals surface area contributed by atoms with Gasteiger partial charge in [0.15, 0.2) is 0 Å². The number of H-pyrrole nitrogens is 1. The molecule has 0 radical (unpaired) electrons. The van der Waals surface area contributed by atoms with E-state index in [4.69, 9.17) is 9.29 Å². The molecule has 3 unspecified atom stereocenters. The monoisotopic (exact) mass is 482 g/mol. The highest BCUT2D eigenvalue weighted by molar-refractivity contribution is 7.85. The van der Waals surface area contributed by atoms with E-state index in [0.717, 1.165) is 36.6 Å². The maximum atomic E-state index is 12.6. The Morgan fingerprint density at radius 2 is 1.62 bits per heavy atom. The van der Waals surface area contributed by atoms with Crippen molar-refractivity contribution in [2.24, 2.45) is 5.92 Å². The van der Waals surface area contributed by atoms with Crippen molar-refractivity contribution >= 4 is 32.8 Å². The number of aromatic nitrogens is 1. The number of esters is 1. The Morgan fingerprint density at radius 3 is 2.24 bits per heavy atom. The highest BCUT2D eigenvalue weighted by Gasteiger charge is 2.49. The summed E-state index contributed by atoms with van der Waals surface area (Å²) in [5.41, 5.74) is 1.56. The smallest absolute Gasteiger partial charge is 0.340 e. The number of benzene rings is 2. The fraction of sp³-hybridized carbons (Fsp3) is 0.360. The summed E-state index contributed by atoms with van der Waals surface area (Å²) in [6, 6.07) is 16.0. The SMILES string of the molecule is O=C(OC1C[C@@H]2CC3C[C@H](C1)N2CC3=O)c1c[nH]c2ccccc12.O=S(=O)(O)c1ccccc1. The average molecular weight is 483 g/mol. The van der Waals surface area contributed by atoms with E-state index < -0.39 is 10.1 Å². The van der Waals surface area contributed by atoms with E-state index in [1.807, 2.05) is 24.3 Å². The normalized spacial score (nSPS) is 27.7. The number of Topliss-reactive ketones (excluding diaryl/α,β-unsaturated/α-hetero) is 1. The van der Waals surface area contributed by atoms with Gasteiger partial charge in [0.25, 0.3) is 10.1 Å². The summed E-state index contributed by atoms with van der Waals surface area (Å²) in [4.78, 5) is 29.9. The molecule has 4 bridgehead atoms. The van der Waals surface area contributed by atoms with Crippen LogP contribution in [0.3, 0.4) is 0 Å². The molecule has 5 atom stereocenters. The topological polar surface area (TPSA) is 117 Å². The van der Waals surface area contributed by atoms with Crippen molar-refractivity contribution in [2.75, 3.05) is 6.54 Å². The molecule has 2 aromatic carbocycles. The van der Waals surface area contributed by atoms with E-state index in [2.05, 4.69) is 9.88 Å². The number of hydrogen-bond donors (Lipinski definition) is 2. The lowest BCUT2D eigenvalue weighted by atomic mass is 9.72. The molecule has 3 aromatic rings. The second-order valence-corrected chi connectivity index (χ2v) is 10.6. The first-order valence-electron chi connectivity index (χ1n) is 11.4. The number of hydrogen-bond acceptors (Lipinski definition) is 6. The highest BCUT2D eigenvalue weighted by atomic mass is 32.2. The van der Waals surface area contributed by atoms with Gasteiger partial charge in [0.2, 0.25) is 0 Å². The van der Waals surface area contributed by atoms with Crippen LogP contribution in [0.25, 0.3) is 10.9 Å². The number of ketones is 1. The fourth-order valence-electron chi connectivity index (χ4n) is 5.46. The lowest BCUT2D eigenvalue weighted by molar-refractivity contribution is -0.145. The molecule has 8 nitrogen and oxygen atoms in total. The van der Waals surface area contributed by atoms with Crippen molar-refractivity contribution in [3.63, 3.8) is 0 Å². The fourth-order valence-corrected chi connectivity index (χ4v) is 5.96. The van der Waals surface area contributed by atoms with Gasteiger partial charge in [-0.3, -0.25) is 14.2 Å². The van der Waals surface area contributed by atoms with Gasteiger partial charge in [0.05, 0.1) is 17.0 Å². The second-order valence-electron chi connectivity index (χ2n) is 9.15. The molecule has 1 aromatic heterocycles. The third-order valence-electron chi connectivity index (χ3n) is 7.04. The van der Waals surface area contributed by atoms with Crippen molar-refractivity contribution < 1.29 is 27.3 Å². The standard InChI is InChI=1S/C19H20N2O3.C6H6O3S/c22-18-10-21-12-5-11(18)6-13(21)8-14(7-12)24-19(23)16-9-20-17-4-2-1-3-15(16)17;7-10(8,9)6-4-2-1-3-5-6/h1-4,9,11-14,20H,5-8,10H2;1-5H,(H,7,8,9)/t11?,12-,13+,14?;. The Labute approximate surface area is 197 Å². The number of fused-ring (bicyclic) bond motifs is 2. The Hall–Kier alpha value is -3.01. The maximum Gasteiger partial charge on any atom is 0.340 e. The van der Waals surface area contributed by atoms with Gasteiger partial charge >= 0.3 is 5.97 Å². The number of rotatable bonds is 3. The van der Waals surface area contributed by atoms with Gasteiger partial charge < -0.3 is 9.72 Å². The zero-order valence-corrected chi connectivity index (χ0v) is 19.3. The largest absolute Gasteiger partial charge is 0.459 e. The van der Waals surface area contributed by atoms with Crippen LogP contribution in [0.1, 0.15) is 36.0 Å². The number of aromatic amines is 1. The van der Waals surface area contributed by atoms with E-state index in [-0.39, 0.29) is 22.9 Å². The Bertz CT molecular complexity index is 1300. The second kappa shape index (κ2) is 8.98. The first-order chi connectivity index (χ1) is 16.3. The number of para-hydroxylation sites is 1. The molecule has 7 rings (SSSR count). The number of carbonyl (C=O) groups excluding carboxylic acids is 2. The average Bonchev–Trinajstić information content (AvgIpc) is 3.24. The molecule has 4 aliphatic heterocycles. The van der Waals surface area contributed by atoms with Crippen LogP contribution in [0, 0.1) is 5.92 Å². The highest BCUT2D eigenvalue weighted by Crippen LogP contribution is 2.42. The van der Waals surface area contributed by atoms with Crippen LogP contribution in [0.5, 0.6) is 0 Å². The lowest BCUT2D eigenvalue weighted by Crippen LogP contribution is -2.63. The van der Waals surface area contributed by atoms with Crippen LogP contribution in [-0.2, 0) is 19.6 Å². The number of ether oxygens (including phenoxy) is 1. The van der Waals surface area contributed by atoms with Crippen LogP contribution >= 0.6 is 0 Å².